The molecule has 0 aliphatic rings. The quantitative estimate of drug-likeness (QED) is 0.502. The van der Waals surface area contributed by atoms with Crippen LogP contribution < -0.4 is 15.6 Å². The fraction of sp³-hybridized carbons (Fsp3) is 0.222. The Morgan fingerprint density at radius 1 is 1.26 bits per heavy atom. The van der Waals surface area contributed by atoms with E-state index in [2.05, 4.69) is 10.3 Å². The lowest BCUT2D eigenvalue weighted by Crippen LogP contribution is -2.32. The van der Waals surface area contributed by atoms with Crippen molar-refractivity contribution in [2.24, 2.45) is 0 Å². The fourth-order valence-electron chi connectivity index (χ4n) is 2.42. The first-order valence-electron chi connectivity index (χ1n) is 8.12. The topological polar surface area (TPSA) is 90.3 Å². The number of imide groups is 1. The Morgan fingerprint density at radius 3 is 2.67 bits per heavy atom. The number of thioether (sulfide) groups is 1. The Kier molecular flexibility index (Phi) is 5.92. The number of carbonyl (C=O) groups excluding carboxylic acids is 2. The van der Waals surface area contributed by atoms with Crippen molar-refractivity contribution >= 4 is 45.1 Å². The highest BCUT2D eigenvalue weighted by molar-refractivity contribution is 7.99. The van der Waals surface area contributed by atoms with Gasteiger partial charge in [-0.1, -0.05) is 11.8 Å². The first-order valence-corrected chi connectivity index (χ1v) is 9.99. The van der Waals surface area contributed by atoms with Crippen LogP contribution in [0.2, 0.25) is 0 Å². The van der Waals surface area contributed by atoms with Gasteiger partial charge in [0, 0.05) is 12.1 Å². The molecular weight excluding hydrogens is 386 g/mol. The molecule has 0 atom stereocenters. The van der Waals surface area contributed by atoms with Gasteiger partial charge in [0.2, 0.25) is 5.91 Å². The number of amides is 2. The molecule has 2 heterocycles. The maximum absolute atomic E-state index is 12.5. The molecule has 7 nitrogen and oxygen atoms in total. The minimum Gasteiger partial charge on any atom is -0.497 e. The average Bonchev–Trinajstić information content (AvgIpc) is 3.15. The summed E-state index contributed by atoms with van der Waals surface area (Å²) in [6.07, 6.45) is 0. The second-order valence-corrected chi connectivity index (χ2v) is 7.33. The van der Waals surface area contributed by atoms with Crippen LogP contribution in [0.1, 0.15) is 17.3 Å². The van der Waals surface area contributed by atoms with Crippen LogP contribution in [0.25, 0.3) is 10.2 Å². The Balaban J connectivity index is 1.67. The second-order valence-electron chi connectivity index (χ2n) is 5.47. The second kappa shape index (κ2) is 8.36. The minimum atomic E-state index is -0.489. The van der Waals surface area contributed by atoms with Gasteiger partial charge in [0.15, 0.2) is 5.16 Å². The number of aromatic nitrogens is 2. The van der Waals surface area contributed by atoms with E-state index >= 15 is 0 Å². The van der Waals surface area contributed by atoms with Gasteiger partial charge in [0.1, 0.15) is 10.4 Å². The van der Waals surface area contributed by atoms with Crippen LogP contribution in [0.5, 0.6) is 5.75 Å². The van der Waals surface area contributed by atoms with E-state index in [9.17, 15) is 14.4 Å². The molecule has 3 rings (SSSR count). The van der Waals surface area contributed by atoms with Gasteiger partial charge < -0.3 is 4.74 Å². The number of rotatable bonds is 6. The number of hydrogen-bond acceptors (Lipinski definition) is 7. The van der Waals surface area contributed by atoms with Crippen LogP contribution >= 0.6 is 23.1 Å². The summed E-state index contributed by atoms with van der Waals surface area (Å²) in [5.41, 5.74) is 0.860. The van der Waals surface area contributed by atoms with Crippen LogP contribution in [-0.2, 0) is 11.3 Å². The summed E-state index contributed by atoms with van der Waals surface area (Å²) in [6, 6.07) is 8.23. The third-order valence-electron chi connectivity index (χ3n) is 3.78. The van der Waals surface area contributed by atoms with Crippen LogP contribution in [0.3, 0.4) is 0 Å². The first-order chi connectivity index (χ1) is 13.0. The lowest BCUT2D eigenvalue weighted by molar-refractivity contribution is -0.117. The standard InChI is InChI=1S/C18H17N3O4S2/c1-3-21-17(24)15-13(8-9-26-15)19-18(21)27-10-14(22)20-16(23)11-4-6-12(25-2)7-5-11/h4-9H,3,10H2,1-2H3,(H,20,22,23). The molecule has 1 N–H and O–H groups in total. The molecular formula is C18H17N3O4S2. The van der Waals surface area contributed by atoms with Crippen molar-refractivity contribution in [2.75, 3.05) is 12.9 Å². The van der Waals surface area contributed by atoms with Crippen molar-refractivity contribution in [2.45, 2.75) is 18.6 Å². The van der Waals surface area contributed by atoms with Gasteiger partial charge >= 0.3 is 0 Å². The summed E-state index contributed by atoms with van der Waals surface area (Å²) in [6.45, 7) is 2.30. The van der Waals surface area contributed by atoms with E-state index in [0.29, 0.717) is 33.2 Å². The van der Waals surface area contributed by atoms with Gasteiger partial charge in [-0.15, -0.1) is 11.3 Å². The maximum atomic E-state index is 12.5. The third-order valence-corrected chi connectivity index (χ3v) is 5.65. The van der Waals surface area contributed by atoms with Gasteiger partial charge in [0.05, 0.1) is 18.4 Å². The van der Waals surface area contributed by atoms with E-state index in [0.717, 1.165) is 11.8 Å². The van der Waals surface area contributed by atoms with Crippen molar-refractivity contribution in [1.29, 1.82) is 0 Å². The van der Waals surface area contributed by atoms with Crippen molar-refractivity contribution in [3.05, 3.63) is 51.6 Å². The van der Waals surface area contributed by atoms with Gasteiger partial charge in [-0.2, -0.15) is 0 Å². The molecule has 140 valence electrons. The normalized spacial score (nSPS) is 10.7. The molecule has 0 radical (unpaired) electrons. The number of ether oxygens (including phenoxy) is 1. The number of nitrogens with one attached hydrogen (secondary N) is 1. The molecule has 0 saturated carbocycles. The summed E-state index contributed by atoms with van der Waals surface area (Å²) >= 11 is 2.47. The summed E-state index contributed by atoms with van der Waals surface area (Å²) in [5.74, 6) is -0.342. The minimum absolute atomic E-state index is 0.0238. The molecule has 2 aromatic heterocycles. The van der Waals surface area contributed by atoms with Crippen molar-refractivity contribution in [3.63, 3.8) is 0 Å². The molecule has 0 saturated heterocycles. The number of methoxy groups -OCH3 is 1. The smallest absolute Gasteiger partial charge is 0.272 e. The predicted molar refractivity (Wildman–Crippen MR) is 106 cm³/mol. The van der Waals surface area contributed by atoms with Crippen molar-refractivity contribution < 1.29 is 14.3 Å². The number of benzene rings is 1. The monoisotopic (exact) mass is 403 g/mol. The number of carbonyl (C=O) groups is 2. The summed E-state index contributed by atoms with van der Waals surface area (Å²) in [7, 11) is 1.53. The highest BCUT2D eigenvalue weighted by Crippen LogP contribution is 2.20. The van der Waals surface area contributed by atoms with Crippen LogP contribution in [-0.4, -0.2) is 34.2 Å². The van der Waals surface area contributed by atoms with E-state index in [1.165, 1.54) is 23.0 Å². The van der Waals surface area contributed by atoms with Gasteiger partial charge in [-0.05, 0) is 42.6 Å². The fourth-order valence-corrected chi connectivity index (χ4v) is 4.06. The Bertz CT molecular complexity index is 1040. The molecule has 0 unspecified atom stereocenters. The molecule has 9 heteroatoms. The summed E-state index contributed by atoms with van der Waals surface area (Å²) in [4.78, 5) is 41.2. The zero-order valence-electron chi connectivity index (χ0n) is 14.7. The SMILES string of the molecule is CCn1c(SCC(=O)NC(=O)c2ccc(OC)cc2)nc2ccsc2c1=O. The molecule has 0 aliphatic carbocycles. The number of nitrogens with zero attached hydrogens (tertiary/aromatic N) is 2. The first kappa shape index (κ1) is 19.1. The van der Waals surface area contributed by atoms with E-state index in [1.807, 2.05) is 12.3 Å². The Hall–Kier alpha value is -2.65. The van der Waals surface area contributed by atoms with Crippen LogP contribution in [0, 0.1) is 0 Å². The Morgan fingerprint density at radius 2 is 2.00 bits per heavy atom. The van der Waals surface area contributed by atoms with Gasteiger partial charge in [-0.25, -0.2) is 4.98 Å². The van der Waals surface area contributed by atoms with Crippen LogP contribution in [0.4, 0.5) is 0 Å². The number of thiophene rings is 1. The molecule has 0 aliphatic heterocycles. The lowest BCUT2D eigenvalue weighted by atomic mass is 10.2. The van der Waals surface area contributed by atoms with E-state index in [1.54, 1.807) is 30.3 Å². The maximum Gasteiger partial charge on any atom is 0.272 e. The summed E-state index contributed by atoms with van der Waals surface area (Å²) < 4.78 is 7.17. The van der Waals surface area contributed by atoms with Crippen LogP contribution in [0.15, 0.2) is 45.7 Å². The van der Waals surface area contributed by atoms with Crippen molar-refractivity contribution in [3.8, 4) is 5.75 Å². The molecule has 2 amide bonds. The van der Waals surface area contributed by atoms with E-state index in [4.69, 9.17) is 4.74 Å². The molecule has 27 heavy (non-hydrogen) atoms. The molecule has 0 bridgehead atoms. The predicted octanol–water partition coefficient (Wildman–Crippen LogP) is 2.54. The Labute approximate surface area is 163 Å². The summed E-state index contributed by atoms with van der Waals surface area (Å²) in [5, 5.41) is 4.61. The van der Waals surface area contributed by atoms with Gasteiger partial charge in [-0.3, -0.25) is 24.3 Å². The van der Waals surface area contributed by atoms with Gasteiger partial charge in [0.25, 0.3) is 11.5 Å². The molecule has 1 aromatic carbocycles. The number of hydrogen-bond donors (Lipinski definition) is 1. The average molecular weight is 403 g/mol. The third kappa shape index (κ3) is 4.20. The van der Waals surface area contributed by atoms with E-state index < -0.39 is 11.8 Å². The zero-order valence-corrected chi connectivity index (χ0v) is 16.4. The number of fused-ring (bicyclic) bond motifs is 1. The molecule has 0 spiro atoms. The zero-order chi connectivity index (χ0) is 19.4. The molecule has 0 fully saturated rings. The van der Waals surface area contributed by atoms with Crippen molar-refractivity contribution in [1.82, 2.24) is 14.9 Å². The highest BCUT2D eigenvalue weighted by atomic mass is 32.2. The lowest BCUT2D eigenvalue weighted by Gasteiger charge is -2.09. The van der Waals surface area contributed by atoms with E-state index in [-0.39, 0.29) is 11.3 Å². The molecule has 3 aromatic rings. The largest absolute Gasteiger partial charge is 0.497 e. The highest BCUT2D eigenvalue weighted by Gasteiger charge is 2.15.